The number of likely N-dealkylation sites (N-methyl/N-ethyl adjacent to an activating group) is 1. The van der Waals surface area contributed by atoms with Crippen molar-refractivity contribution in [2.75, 3.05) is 27.4 Å². The molecule has 0 aliphatic carbocycles. The Morgan fingerprint density at radius 2 is 1.79 bits per heavy atom. The Hall–Kier alpha value is -0.120. The molecular weight excluding hydrogens is 178 g/mol. The van der Waals surface area contributed by atoms with Gasteiger partial charge in [-0.25, -0.2) is 0 Å². The Kier molecular flexibility index (Phi) is 6.33. The maximum absolute atomic E-state index is 5.54. The topological polar surface area (TPSA) is 30.5 Å². The highest BCUT2D eigenvalue weighted by Crippen LogP contribution is 2.24. The van der Waals surface area contributed by atoms with Gasteiger partial charge in [0, 0.05) is 14.2 Å². The summed E-state index contributed by atoms with van der Waals surface area (Å²) in [5, 5.41) is 3.39. The first-order valence-electron chi connectivity index (χ1n) is 5.22. The lowest BCUT2D eigenvalue weighted by molar-refractivity contribution is -0.0298. The van der Waals surface area contributed by atoms with Crippen molar-refractivity contribution < 1.29 is 9.47 Å². The van der Waals surface area contributed by atoms with E-state index in [2.05, 4.69) is 33.0 Å². The van der Waals surface area contributed by atoms with Gasteiger partial charge in [-0.3, -0.25) is 0 Å². The summed E-state index contributed by atoms with van der Waals surface area (Å²) in [4.78, 5) is 0. The van der Waals surface area contributed by atoms with E-state index in [1.165, 1.54) is 0 Å². The summed E-state index contributed by atoms with van der Waals surface area (Å²) in [5.74, 6) is 0. The van der Waals surface area contributed by atoms with Crippen LogP contribution < -0.4 is 5.32 Å². The molecule has 0 aliphatic heterocycles. The predicted octanol–water partition coefficient (Wildman–Crippen LogP) is 1.67. The molecule has 0 amide bonds. The van der Waals surface area contributed by atoms with Gasteiger partial charge in [-0.05, 0) is 12.0 Å². The number of nitrogens with one attached hydrogen (secondary N) is 1. The third-order valence-corrected chi connectivity index (χ3v) is 2.29. The minimum atomic E-state index is 0.125. The largest absolute Gasteiger partial charge is 0.383 e. The SMILES string of the molecule is CCNC(COC)C(OC)C(C)(C)C. The lowest BCUT2D eigenvalue weighted by atomic mass is 9.84. The lowest BCUT2D eigenvalue weighted by Crippen LogP contribution is -2.50. The van der Waals surface area contributed by atoms with Crippen LogP contribution in [-0.2, 0) is 9.47 Å². The van der Waals surface area contributed by atoms with Crippen molar-refractivity contribution in [2.45, 2.75) is 39.8 Å². The first kappa shape index (κ1) is 13.9. The van der Waals surface area contributed by atoms with Crippen molar-refractivity contribution >= 4 is 0 Å². The van der Waals surface area contributed by atoms with Gasteiger partial charge in [-0.15, -0.1) is 0 Å². The van der Waals surface area contributed by atoms with Crippen LogP contribution in [0.5, 0.6) is 0 Å². The van der Waals surface area contributed by atoms with Crippen LogP contribution >= 0.6 is 0 Å². The zero-order valence-corrected chi connectivity index (χ0v) is 10.4. The third-order valence-electron chi connectivity index (χ3n) is 2.29. The fourth-order valence-corrected chi connectivity index (χ4v) is 1.82. The van der Waals surface area contributed by atoms with Crippen molar-refractivity contribution in [2.24, 2.45) is 5.41 Å². The van der Waals surface area contributed by atoms with E-state index in [0.717, 1.165) is 6.54 Å². The summed E-state index contributed by atoms with van der Waals surface area (Å²) < 4.78 is 10.7. The van der Waals surface area contributed by atoms with Gasteiger partial charge < -0.3 is 14.8 Å². The molecule has 0 bridgehead atoms. The Bertz CT molecular complexity index is 137. The van der Waals surface area contributed by atoms with E-state index >= 15 is 0 Å². The molecule has 0 rings (SSSR count). The van der Waals surface area contributed by atoms with Crippen LogP contribution in [0.2, 0.25) is 0 Å². The van der Waals surface area contributed by atoms with Gasteiger partial charge in [0.15, 0.2) is 0 Å². The number of hydrogen-bond donors (Lipinski definition) is 1. The minimum absolute atomic E-state index is 0.125. The molecule has 0 fully saturated rings. The Balaban J connectivity index is 4.41. The molecule has 86 valence electrons. The van der Waals surface area contributed by atoms with E-state index in [0.29, 0.717) is 6.61 Å². The Morgan fingerprint density at radius 1 is 1.21 bits per heavy atom. The maximum atomic E-state index is 5.54. The number of rotatable bonds is 6. The lowest BCUT2D eigenvalue weighted by Gasteiger charge is -2.36. The normalized spacial score (nSPS) is 16.7. The molecule has 0 spiro atoms. The molecule has 14 heavy (non-hydrogen) atoms. The standard InChI is InChI=1S/C11H25NO2/c1-7-12-9(8-13-5)10(14-6)11(2,3)4/h9-10,12H,7-8H2,1-6H3. The summed E-state index contributed by atoms with van der Waals surface area (Å²) in [6, 6.07) is 0.259. The fraction of sp³-hybridized carbons (Fsp3) is 1.00. The second kappa shape index (κ2) is 6.38. The summed E-state index contributed by atoms with van der Waals surface area (Å²) >= 11 is 0. The van der Waals surface area contributed by atoms with Crippen LogP contribution in [0.3, 0.4) is 0 Å². The summed E-state index contributed by atoms with van der Waals surface area (Å²) in [6.45, 7) is 10.3. The average molecular weight is 203 g/mol. The van der Waals surface area contributed by atoms with E-state index in [1.54, 1.807) is 14.2 Å². The highest BCUT2D eigenvalue weighted by atomic mass is 16.5. The molecular formula is C11H25NO2. The molecule has 0 aromatic rings. The van der Waals surface area contributed by atoms with Crippen LogP contribution in [0.4, 0.5) is 0 Å². The summed E-state index contributed by atoms with van der Waals surface area (Å²) in [6.07, 6.45) is 0.169. The molecule has 0 radical (unpaired) electrons. The first-order chi connectivity index (χ1) is 6.47. The minimum Gasteiger partial charge on any atom is -0.383 e. The van der Waals surface area contributed by atoms with Crippen molar-refractivity contribution in [1.82, 2.24) is 5.32 Å². The third kappa shape index (κ3) is 4.40. The fourth-order valence-electron chi connectivity index (χ4n) is 1.82. The molecule has 2 unspecified atom stereocenters. The van der Waals surface area contributed by atoms with E-state index in [1.807, 2.05) is 0 Å². The van der Waals surface area contributed by atoms with E-state index in [9.17, 15) is 0 Å². The second-order valence-electron chi connectivity index (χ2n) is 4.64. The zero-order valence-electron chi connectivity index (χ0n) is 10.4. The average Bonchev–Trinajstić information content (AvgIpc) is 2.03. The summed E-state index contributed by atoms with van der Waals surface area (Å²) in [5.41, 5.74) is 0.125. The monoisotopic (exact) mass is 203 g/mol. The highest BCUT2D eigenvalue weighted by molar-refractivity contribution is 4.85. The Labute approximate surface area is 88.2 Å². The number of hydrogen-bond acceptors (Lipinski definition) is 3. The van der Waals surface area contributed by atoms with Crippen LogP contribution in [-0.4, -0.2) is 39.5 Å². The molecule has 0 heterocycles. The Morgan fingerprint density at radius 3 is 2.07 bits per heavy atom. The molecule has 0 aromatic carbocycles. The van der Waals surface area contributed by atoms with Crippen LogP contribution in [0, 0.1) is 5.41 Å². The van der Waals surface area contributed by atoms with Gasteiger partial charge >= 0.3 is 0 Å². The molecule has 0 saturated carbocycles. The van der Waals surface area contributed by atoms with Crippen molar-refractivity contribution in [1.29, 1.82) is 0 Å². The highest BCUT2D eigenvalue weighted by Gasteiger charge is 2.31. The van der Waals surface area contributed by atoms with Gasteiger partial charge in [-0.2, -0.15) is 0 Å². The van der Waals surface area contributed by atoms with Crippen molar-refractivity contribution in [3.05, 3.63) is 0 Å². The van der Waals surface area contributed by atoms with Gasteiger partial charge in [0.05, 0.1) is 18.8 Å². The first-order valence-corrected chi connectivity index (χ1v) is 5.22. The number of methoxy groups -OCH3 is 2. The molecule has 3 heteroatoms. The van der Waals surface area contributed by atoms with E-state index in [4.69, 9.17) is 9.47 Å². The van der Waals surface area contributed by atoms with Crippen LogP contribution in [0.25, 0.3) is 0 Å². The molecule has 0 aliphatic rings. The van der Waals surface area contributed by atoms with E-state index in [-0.39, 0.29) is 17.6 Å². The van der Waals surface area contributed by atoms with Crippen molar-refractivity contribution in [3.8, 4) is 0 Å². The molecule has 2 atom stereocenters. The van der Waals surface area contributed by atoms with Gasteiger partial charge in [0.25, 0.3) is 0 Å². The quantitative estimate of drug-likeness (QED) is 0.712. The molecule has 1 N–H and O–H groups in total. The van der Waals surface area contributed by atoms with Crippen molar-refractivity contribution in [3.63, 3.8) is 0 Å². The molecule has 0 saturated heterocycles. The van der Waals surface area contributed by atoms with Gasteiger partial charge in [-0.1, -0.05) is 27.7 Å². The van der Waals surface area contributed by atoms with Crippen LogP contribution in [0.15, 0.2) is 0 Å². The van der Waals surface area contributed by atoms with Gasteiger partial charge in [0.2, 0.25) is 0 Å². The second-order valence-corrected chi connectivity index (χ2v) is 4.64. The number of ether oxygens (including phenoxy) is 2. The van der Waals surface area contributed by atoms with Gasteiger partial charge in [0.1, 0.15) is 0 Å². The summed E-state index contributed by atoms with van der Waals surface area (Å²) in [7, 11) is 3.48. The van der Waals surface area contributed by atoms with Crippen LogP contribution in [0.1, 0.15) is 27.7 Å². The maximum Gasteiger partial charge on any atom is 0.0794 e. The molecule has 0 aromatic heterocycles. The smallest absolute Gasteiger partial charge is 0.0794 e. The predicted molar refractivity (Wildman–Crippen MR) is 59.6 cm³/mol. The zero-order chi connectivity index (χ0) is 11.2. The van der Waals surface area contributed by atoms with E-state index < -0.39 is 0 Å². The molecule has 3 nitrogen and oxygen atoms in total.